The van der Waals surface area contributed by atoms with Gasteiger partial charge >= 0.3 is 0 Å². The zero-order chi connectivity index (χ0) is 12.0. The van der Waals surface area contributed by atoms with Gasteiger partial charge in [-0.05, 0) is 53.3 Å². The smallest absolute Gasteiger partial charge is 0.174 e. The zero-order valence-corrected chi connectivity index (χ0v) is 13.4. The van der Waals surface area contributed by atoms with Gasteiger partial charge in [0.2, 0.25) is 0 Å². The van der Waals surface area contributed by atoms with Gasteiger partial charge < -0.3 is 14.8 Å². The average molecular weight is 372 g/mol. The highest BCUT2D eigenvalue weighted by Crippen LogP contribution is 2.33. The number of nitrogens with one attached hydrogen (secondary N) is 1. The number of benzene rings is 1. The molecular formula is C12H19ClINO2. The maximum absolute atomic E-state index is 5.31. The highest BCUT2D eigenvalue weighted by atomic mass is 127. The van der Waals surface area contributed by atoms with E-state index in [-0.39, 0.29) is 12.4 Å². The summed E-state index contributed by atoms with van der Waals surface area (Å²) in [6.07, 6.45) is 1.14. The van der Waals surface area contributed by atoms with Crippen molar-refractivity contribution in [2.75, 3.05) is 20.8 Å². The number of methoxy groups -OCH3 is 2. The van der Waals surface area contributed by atoms with E-state index < -0.39 is 0 Å². The second-order valence-corrected chi connectivity index (χ2v) is 4.65. The molecular weight excluding hydrogens is 352 g/mol. The predicted molar refractivity (Wildman–Crippen MR) is 81.5 cm³/mol. The van der Waals surface area contributed by atoms with E-state index in [0.717, 1.165) is 34.6 Å². The first kappa shape index (κ1) is 16.8. The predicted octanol–water partition coefficient (Wildman–Crippen LogP) is 3.23. The van der Waals surface area contributed by atoms with Crippen LogP contribution in [0.5, 0.6) is 11.5 Å². The lowest BCUT2D eigenvalue weighted by Crippen LogP contribution is -2.14. The first-order valence-corrected chi connectivity index (χ1v) is 6.41. The van der Waals surface area contributed by atoms with Crippen LogP contribution in [0.15, 0.2) is 12.1 Å². The van der Waals surface area contributed by atoms with E-state index in [9.17, 15) is 0 Å². The van der Waals surface area contributed by atoms with Gasteiger partial charge in [-0.15, -0.1) is 12.4 Å². The Hall–Kier alpha value is -0.200. The van der Waals surface area contributed by atoms with Gasteiger partial charge in [-0.1, -0.05) is 6.92 Å². The Morgan fingerprint density at radius 1 is 1.24 bits per heavy atom. The maximum Gasteiger partial charge on any atom is 0.174 e. The summed E-state index contributed by atoms with van der Waals surface area (Å²) in [7, 11) is 3.33. The fourth-order valence-corrected chi connectivity index (χ4v) is 2.37. The van der Waals surface area contributed by atoms with E-state index in [0.29, 0.717) is 0 Å². The van der Waals surface area contributed by atoms with Crippen molar-refractivity contribution in [2.45, 2.75) is 19.9 Å². The highest BCUT2D eigenvalue weighted by molar-refractivity contribution is 14.1. The molecule has 0 fully saturated rings. The van der Waals surface area contributed by atoms with Crippen LogP contribution in [-0.2, 0) is 6.54 Å². The van der Waals surface area contributed by atoms with Crippen LogP contribution in [0, 0.1) is 3.57 Å². The van der Waals surface area contributed by atoms with E-state index in [1.807, 2.05) is 6.07 Å². The maximum atomic E-state index is 5.31. The molecule has 0 aliphatic rings. The number of rotatable bonds is 6. The molecule has 0 aromatic heterocycles. The molecule has 1 N–H and O–H groups in total. The van der Waals surface area contributed by atoms with Crippen LogP contribution in [-0.4, -0.2) is 20.8 Å². The molecule has 0 unspecified atom stereocenters. The molecule has 1 rings (SSSR count). The Kier molecular flexibility index (Phi) is 8.72. The lowest BCUT2D eigenvalue weighted by atomic mass is 10.2. The van der Waals surface area contributed by atoms with Crippen molar-refractivity contribution in [3.63, 3.8) is 0 Å². The Morgan fingerprint density at radius 2 is 1.94 bits per heavy atom. The van der Waals surface area contributed by atoms with Crippen molar-refractivity contribution in [2.24, 2.45) is 0 Å². The van der Waals surface area contributed by atoms with Crippen LogP contribution in [0.4, 0.5) is 0 Å². The largest absolute Gasteiger partial charge is 0.493 e. The Balaban J connectivity index is 0.00000256. The Bertz CT molecular complexity index is 348. The van der Waals surface area contributed by atoms with E-state index in [4.69, 9.17) is 9.47 Å². The number of ether oxygens (including phenoxy) is 2. The molecule has 1 aromatic rings. The molecule has 17 heavy (non-hydrogen) atoms. The van der Waals surface area contributed by atoms with Crippen LogP contribution in [0.25, 0.3) is 0 Å². The molecule has 0 radical (unpaired) electrons. The Morgan fingerprint density at radius 3 is 2.47 bits per heavy atom. The van der Waals surface area contributed by atoms with Crippen molar-refractivity contribution in [1.82, 2.24) is 5.32 Å². The molecule has 98 valence electrons. The first-order valence-electron chi connectivity index (χ1n) is 5.34. The van der Waals surface area contributed by atoms with E-state index in [1.165, 1.54) is 5.56 Å². The molecule has 0 saturated heterocycles. The van der Waals surface area contributed by atoms with Crippen molar-refractivity contribution in [3.05, 3.63) is 21.3 Å². The second kappa shape index (κ2) is 8.83. The van der Waals surface area contributed by atoms with Crippen molar-refractivity contribution >= 4 is 35.0 Å². The van der Waals surface area contributed by atoms with Crippen molar-refractivity contribution in [1.29, 1.82) is 0 Å². The third kappa shape index (κ3) is 4.89. The zero-order valence-electron chi connectivity index (χ0n) is 10.4. The van der Waals surface area contributed by atoms with E-state index in [1.54, 1.807) is 14.2 Å². The first-order chi connectivity index (χ1) is 7.72. The second-order valence-electron chi connectivity index (χ2n) is 3.49. The van der Waals surface area contributed by atoms with Crippen LogP contribution >= 0.6 is 35.0 Å². The third-order valence-electron chi connectivity index (χ3n) is 2.25. The highest BCUT2D eigenvalue weighted by Gasteiger charge is 2.09. The quantitative estimate of drug-likeness (QED) is 0.615. The average Bonchev–Trinajstić information content (AvgIpc) is 2.28. The molecule has 0 atom stereocenters. The van der Waals surface area contributed by atoms with Gasteiger partial charge in [0.1, 0.15) is 0 Å². The number of hydrogen-bond donors (Lipinski definition) is 1. The SMILES string of the molecule is CCCNCc1cc(I)c(OC)c(OC)c1.Cl. The van der Waals surface area contributed by atoms with Gasteiger partial charge in [-0.3, -0.25) is 0 Å². The van der Waals surface area contributed by atoms with E-state index >= 15 is 0 Å². The molecule has 0 heterocycles. The van der Waals surface area contributed by atoms with Crippen LogP contribution in [0.2, 0.25) is 0 Å². The molecule has 0 saturated carbocycles. The molecule has 3 nitrogen and oxygen atoms in total. The molecule has 0 bridgehead atoms. The molecule has 5 heteroatoms. The molecule has 0 aliphatic carbocycles. The van der Waals surface area contributed by atoms with Gasteiger partial charge in [0, 0.05) is 6.54 Å². The summed E-state index contributed by atoms with van der Waals surface area (Å²) in [5, 5.41) is 3.37. The normalized spacial score (nSPS) is 9.65. The minimum Gasteiger partial charge on any atom is -0.493 e. The molecule has 0 aliphatic heterocycles. The van der Waals surface area contributed by atoms with Gasteiger partial charge in [0.25, 0.3) is 0 Å². The number of halogens is 2. The fraction of sp³-hybridized carbons (Fsp3) is 0.500. The van der Waals surface area contributed by atoms with E-state index in [2.05, 4.69) is 40.9 Å². The lowest BCUT2D eigenvalue weighted by Gasteiger charge is -2.12. The molecule has 1 aromatic carbocycles. The minimum atomic E-state index is 0. The molecule has 0 amide bonds. The van der Waals surface area contributed by atoms with Crippen LogP contribution < -0.4 is 14.8 Å². The third-order valence-corrected chi connectivity index (χ3v) is 3.05. The van der Waals surface area contributed by atoms with Crippen LogP contribution in [0.3, 0.4) is 0 Å². The summed E-state index contributed by atoms with van der Waals surface area (Å²) >= 11 is 2.26. The van der Waals surface area contributed by atoms with Gasteiger partial charge in [-0.25, -0.2) is 0 Å². The lowest BCUT2D eigenvalue weighted by molar-refractivity contribution is 0.352. The standard InChI is InChI=1S/C12H18INO2.ClH/c1-4-5-14-8-9-6-10(13)12(16-3)11(7-9)15-2;/h6-7,14H,4-5,8H2,1-3H3;1H. The summed E-state index contributed by atoms with van der Waals surface area (Å²) in [5.74, 6) is 1.60. The van der Waals surface area contributed by atoms with Crippen LogP contribution in [0.1, 0.15) is 18.9 Å². The van der Waals surface area contributed by atoms with Gasteiger partial charge in [0.15, 0.2) is 11.5 Å². The molecule has 0 spiro atoms. The summed E-state index contributed by atoms with van der Waals surface area (Å²) < 4.78 is 11.7. The monoisotopic (exact) mass is 371 g/mol. The number of hydrogen-bond acceptors (Lipinski definition) is 3. The summed E-state index contributed by atoms with van der Waals surface area (Å²) in [5.41, 5.74) is 1.22. The van der Waals surface area contributed by atoms with Gasteiger partial charge in [0.05, 0.1) is 17.8 Å². The topological polar surface area (TPSA) is 30.5 Å². The summed E-state index contributed by atoms with van der Waals surface area (Å²) in [6, 6.07) is 4.13. The van der Waals surface area contributed by atoms with Crippen molar-refractivity contribution in [3.8, 4) is 11.5 Å². The van der Waals surface area contributed by atoms with Crippen molar-refractivity contribution < 1.29 is 9.47 Å². The summed E-state index contributed by atoms with van der Waals surface area (Å²) in [6.45, 7) is 4.06. The summed E-state index contributed by atoms with van der Waals surface area (Å²) in [4.78, 5) is 0. The van der Waals surface area contributed by atoms with Gasteiger partial charge in [-0.2, -0.15) is 0 Å². The fourth-order valence-electron chi connectivity index (χ4n) is 1.48. The minimum absolute atomic E-state index is 0. The Labute approximate surface area is 123 Å².